The van der Waals surface area contributed by atoms with Crippen LogP contribution in [0.3, 0.4) is 0 Å². The van der Waals surface area contributed by atoms with Crippen LogP contribution in [0.25, 0.3) is 10.8 Å². The molecule has 1 N–H and O–H groups in total. The van der Waals surface area contributed by atoms with Crippen LogP contribution in [0, 0.1) is 0 Å². The normalized spacial score (nSPS) is 20.8. The summed E-state index contributed by atoms with van der Waals surface area (Å²) in [5.74, 6) is 0.593. The van der Waals surface area contributed by atoms with Crippen LogP contribution < -0.4 is 0 Å². The maximum absolute atomic E-state index is 10.2. The molecule has 3 nitrogen and oxygen atoms in total. The molecule has 1 aliphatic heterocycles. The van der Waals surface area contributed by atoms with Gasteiger partial charge >= 0.3 is 0 Å². The van der Waals surface area contributed by atoms with Crippen molar-refractivity contribution in [2.24, 2.45) is 4.99 Å². The van der Waals surface area contributed by atoms with Crippen molar-refractivity contribution in [1.82, 2.24) is 0 Å². The number of fused-ring (bicyclic) bond motifs is 1. The Labute approximate surface area is 134 Å². The van der Waals surface area contributed by atoms with Crippen LogP contribution >= 0.6 is 0 Å². The predicted molar refractivity (Wildman–Crippen MR) is 91.6 cm³/mol. The number of hydrogen-bond donors (Lipinski definition) is 1. The molecule has 2 atom stereocenters. The van der Waals surface area contributed by atoms with Crippen LogP contribution in [0.4, 0.5) is 0 Å². The third-order valence-corrected chi connectivity index (χ3v) is 4.13. The molecule has 1 heterocycles. The highest BCUT2D eigenvalue weighted by Gasteiger charge is 2.28. The molecule has 0 bridgehead atoms. The molecule has 0 radical (unpaired) electrons. The van der Waals surface area contributed by atoms with Crippen LogP contribution in [0.15, 0.2) is 77.8 Å². The van der Waals surface area contributed by atoms with Gasteiger partial charge in [-0.2, -0.15) is 0 Å². The molecule has 3 aromatic rings. The Morgan fingerprint density at radius 3 is 2.43 bits per heavy atom. The summed E-state index contributed by atoms with van der Waals surface area (Å²) in [6.07, 6.45) is -1.00. The van der Waals surface area contributed by atoms with Gasteiger partial charge in [0.15, 0.2) is 6.10 Å². The fraction of sp³-hybridized carbons (Fsp3) is 0.150. The molecule has 2 unspecified atom stereocenters. The Bertz CT molecular complexity index is 858. The average molecular weight is 303 g/mol. The SMILES string of the molecule is OC1CN=C(c2ccc3ccccc3c2)OC1c1ccccc1. The highest BCUT2D eigenvalue weighted by Crippen LogP contribution is 2.27. The van der Waals surface area contributed by atoms with Gasteiger partial charge < -0.3 is 9.84 Å². The summed E-state index contributed by atoms with van der Waals surface area (Å²) in [7, 11) is 0. The van der Waals surface area contributed by atoms with Crippen molar-refractivity contribution in [2.45, 2.75) is 12.2 Å². The third-order valence-electron chi connectivity index (χ3n) is 4.13. The summed E-state index contributed by atoms with van der Waals surface area (Å²) in [5.41, 5.74) is 1.91. The van der Waals surface area contributed by atoms with Crippen molar-refractivity contribution < 1.29 is 9.84 Å². The minimum Gasteiger partial charge on any atom is -0.466 e. The molecule has 3 heteroatoms. The summed E-state index contributed by atoms with van der Waals surface area (Å²) in [6, 6.07) is 24.2. The molecule has 0 spiro atoms. The van der Waals surface area contributed by atoms with Crippen LogP contribution in [-0.4, -0.2) is 23.7 Å². The van der Waals surface area contributed by atoms with Crippen molar-refractivity contribution in [3.8, 4) is 0 Å². The summed E-state index contributed by atoms with van der Waals surface area (Å²) >= 11 is 0. The topological polar surface area (TPSA) is 41.8 Å². The largest absolute Gasteiger partial charge is 0.466 e. The van der Waals surface area contributed by atoms with E-state index in [1.165, 1.54) is 5.39 Å². The summed E-state index contributed by atoms with van der Waals surface area (Å²) in [5, 5.41) is 12.6. The van der Waals surface area contributed by atoms with Gasteiger partial charge in [-0.3, -0.25) is 0 Å². The number of benzene rings is 3. The van der Waals surface area contributed by atoms with Crippen LogP contribution in [0.5, 0.6) is 0 Å². The second kappa shape index (κ2) is 5.86. The van der Waals surface area contributed by atoms with E-state index in [2.05, 4.69) is 29.3 Å². The van der Waals surface area contributed by atoms with Gasteiger partial charge in [-0.05, 0) is 28.5 Å². The Hall–Kier alpha value is -2.65. The molecule has 1 aliphatic rings. The number of aliphatic hydroxyl groups is 1. The number of rotatable bonds is 2. The number of nitrogens with zero attached hydrogens (tertiary/aromatic N) is 1. The first kappa shape index (κ1) is 14.0. The highest BCUT2D eigenvalue weighted by atomic mass is 16.5. The molecule has 0 saturated carbocycles. The van der Waals surface area contributed by atoms with Gasteiger partial charge in [0.25, 0.3) is 0 Å². The molecule has 0 aromatic heterocycles. The van der Waals surface area contributed by atoms with Gasteiger partial charge in [0.2, 0.25) is 5.90 Å². The van der Waals surface area contributed by atoms with Gasteiger partial charge in [0.1, 0.15) is 6.10 Å². The van der Waals surface area contributed by atoms with E-state index in [4.69, 9.17) is 4.74 Å². The molecule has 0 aliphatic carbocycles. The lowest BCUT2D eigenvalue weighted by atomic mass is 10.0. The molecule has 114 valence electrons. The van der Waals surface area contributed by atoms with E-state index < -0.39 is 6.10 Å². The molecule has 23 heavy (non-hydrogen) atoms. The lowest BCUT2D eigenvalue weighted by molar-refractivity contribution is 0.0217. The van der Waals surface area contributed by atoms with Crippen molar-refractivity contribution in [3.63, 3.8) is 0 Å². The zero-order valence-corrected chi connectivity index (χ0v) is 12.6. The minimum absolute atomic E-state index is 0.349. The number of hydrogen-bond acceptors (Lipinski definition) is 3. The monoisotopic (exact) mass is 303 g/mol. The van der Waals surface area contributed by atoms with E-state index in [1.807, 2.05) is 48.5 Å². The van der Waals surface area contributed by atoms with Crippen LogP contribution in [0.2, 0.25) is 0 Å². The Kier molecular flexibility index (Phi) is 3.56. The second-order valence-corrected chi connectivity index (χ2v) is 5.72. The van der Waals surface area contributed by atoms with Crippen molar-refractivity contribution in [3.05, 3.63) is 83.9 Å². The van der Waals surface area contributed by atoms with Gasteiger partial charge in [-0.1, -0.05) is 60.7 Å². The van der Waals surface area contributed by atoms with Gasteiger partial charge in [-0.15, -0.1) is 0 Å². The second-order valence-electron chi connectivity index (χ2n) is 5.72. The van der Waals surface area contributed by atoms with Crippen molar-refractivity contribution >= 4 is 16.7 Å². The third kappa shape index (κ3) is 2.71. The zero-order valence-electron chi connectivity index (χ0n) is 12.6. The standard InChI is InChI=1S/C20H17NO2/c22-18-13-21-20(23-19(18)15-7-2-1-3-8-15)17-11-10-14-6-4-5-9-16(14)12-17/h1-12,18-19,22H,13H2. The van der Waals surface area contributed by atoms with Gasteiger partial charge in [0.05, 0.1) is 6.54 Å². The van der Waals surface area contributed by atoms with E-state index in [9.17, 15) is 5.11 Å². The first-order valence-corrected chi connectivity index (χ1v) is 7.74. The quantitative estimate of drug-likeness (QED) is 0.784. The van der Waals surface area contributed by atoms with Crippen LogP contribution in [0.1, 0.15) is 17.2 Å². The Balaban J connectivity index is 1.68. The summed E-state index contributed by atoms with van der Waals surface area (Å²) < 4.78 is 6.02. The smallest absolute Gasteiger partial charge is 0.216 e. The average Bonchev–Trinajstić information content (AvgIpc) is 2.62. The van der Waals surface area contributed by atoms with E-state index >= 15 is 0 Å². The predicted octanol–water partition coefficient (Wildman–Crippen LogP) is 3.72. The lowest BCUT2D eigenvalue weighted by Gasteiger charge is -2.28. The molecule has 0 fully saturated rings. The van der Waals surface area contributed by atoms with E-state index in [1.54, 1.807) is 0 Å². The first-order chi connectivity index (χ1) is 11.3. The number of aliphatic hydroxyl groups excluding tert-OH is 1. The van der Waals surface area contributed by atoms with E-state index in [-0.39, 0.29) is 6.10 Å². The molecular weight excluding hydrogens is 286 g/mol. The fourth-order valence-corrected chi connectivity index (χ4v) is 2.92. The van der Waals surface area contributed by atoms with Crippen molar-refractivity contribution in [1.29, 1.82) is 0 Å². The summed E-state index contributed by atoms with van der Waals surface area (Å²) in [6.45, 7) is 0.349. The zero-order chi connectivity index (χ0) is 15.6. The Morgan fingerprint density at radius 1 is 0.870 bits per heavy atom. The lowest BCUT2D eigenvalue weighted by Crippen LogP contribution is -2.31. The first-order valence-electron chi connectivity index (χ1n) is 7.74. The van der Waals surface area contributed by atoms with Gasteiger partial charge in [0, 0.05) is 5.56 Å². The van der Waals surface area contributed by atoms with Gasteiger partial charge in [-0.25, -0.2) is 4.99 Å². The number of aliphatic imine (C=N–C) groups is 1. The van der Waals surface area contributed by atoms with E-state index in [0.29, 0.717) is 12.4 Å². The highest BCUT2D eigenvalue weighted by molar-refractivity contribution is 5.98. The molecule has 3 aromatic carbocycles. The molecule has 0 saturated heterocycles. The van der Waals surface area contributed by atoms with Crippen LogP contribution in [-0.2, 0) is 4.74 Å². The van der Waals surface area contributed by atoms with E-state index in [0.717, 1.165) is 16.5 Å². The maximum atomic E-state index is 10.2. The molecular formula is C20H17NO2. The molecule has 0 amide bonds. The maximum Gasteiger partial charge on any atom is 0.216 e. The number of ether oxygens (including phenoxy) is 1. The molecule has 4 rings (SSSR count). The Morgan fingerprint density at radius 2 is 1.61 bits per heavy atom. The van der Waals surface area contributed by atoms with Crippen molar-refractivity contribution in [2.75, 3.05) is 6.54 Å². The fourth-order valence-electron chi connectivity index (χ4n) is 2.92. The minimum atomic E-state index is -0.624. The summed E-state index contributed by atoms with van der Waals surface area (Å²) in [4.78, 5) is 4.41.